The van der Waals surface area contributed by atoms with Crippen molar-refractivity contribution < 1.29 is 27.6 Å². The molecule has 0 spiro atoms. The molecule has 2 aromatic carbocycles. The van der Waals surface area contributed by atoms with Crippen LogP contribution in [0.1, 0.15) is 58.0 Å². The average Bonchev–Trinajstić information content (AvgIpc) is 3.04. The summed E-state index contributed by atoms with van der Waals surface area (Å²) in [7, 11) is 1.18. The fraction of sp³-hybridized carbons (Fsp3) is 0.375. The number of hydrogen-bond acceptors (Lipinski definition) is 3. The number of fused-ring (bicyclic) bond motifs is 1. The normalized spacial score (nSPS) is 21.7. The third kappa shape index (κ3) is 4.43. The maximum absolute atomic E-state index is 13.9. The molecule has 33 heavy (non-hydrogen) atoms. The second-order valence-electron chi connectivity index (χ2n) is 8.48. The molecule has 0 radical (unpaired) electrons. The van der Waals surface area contributed by atoms with Crippen molar-refractivity contribution in [3.05, 3.63) is 69.7 Å². The van der Waals surface area contributed by atoms with Gasteiger partial charge >= 0.3 is 6.18 Å². The van der Waals surface area contributed by atoms with E-state index in [0.29, 0.717) is 41.3 Å². The van der Waals surface area contributed by atoms with Crippen molar-refractivity contribution in [1.29, 1.82) is 0 Å². The molecule has 174 valence electrons. The van der Waals surface area contributed by atoms with Crippen LogP contribution in [-0.4, -0.2) is 46.8 Å². The number of halogens is 4. The van der Waals surface area contributed by atoms with Crippen molar-refractivity contribution in [2.24, 2.45) is 5.92 Å². The van der Waals surface area contributed by atoms with Gasteiger partial charge in [0.2, 0.25) is 5.91 Å². The summed E-state index contributed by atoms with van der Waals surface area (Å²) in [4.78, 5) is 40.5. The van der Waals surface area contributed by atoms with E-state index in [0.717, 1.165) is 4.90 Å². The van der Waals surface area contributed by atoms with Gasteiger partial charge in [0.1, 0.15) is 0 Å². The van der Waals surface area contributed by atoms with Crippen molar-refractivity contribution in [3.63, 3.8) is 0 Å². The zero-order valence-corrected chi connectivity index (χ0v) is 19.4. The van der Waals surface area contributed by atoms with Crippen LogP contribution in [0.4, 0.5) is 13.2 Å². The van der Waals surface area contributed by atoms with E-state index in [1.807, 2.05) is 0 Å². The van der Waals surface area contributed by atoms with Crippen LogP contribution >= 0.6 is 15.9 Å². The Morgan fingerprint density at radius 1 is 0.970 bits per heavy atom. The molecule has 1 aliphatic carbocycles. The Bertz CT molecular complexity index is 1040. The van der Waals surface area contributed by atoms with Crippen molar-refractivity contribution in [2.75, 3.05) is 7.05 Å². The Balaban J connectivity index is 1.45. The molecule has 0 aromatic heterocycles. The molecular formula is C24H22BrF3N2O3. The Morgan fingerprint density at radius 3 is 1.97 bits per heavy atom. The minimum absolute atomic E-state index is 0.0127. The topological polar surface area (TPSA) is 57.7 Å². The first kappa shape index (κ1) is 23.5. The van der Waals surface area contributed by atoms with Gasteiger partial charge in [-0.3, -0.25) is 19.3 Å². The summed E-state index contributed by atoms with van der Waals surface area (Å²) < 4.78 is 42.3. The molecule has 0 bridgehead atoms. The van der Waals surface area contributed by atoms with Gasteiger partial charge in [-0.15, -0.1) is 0 Å². The Kier molecular flexibility index (Phi) is 6.35. The number of amides is 3. The molecule has 9 heteroatoms. The van der Waals surface area contributed by atoms with E-state index in [9.17, 15) is 27.6 Å². The SMILES string of the molecule is CN(C(=O)C1CCC(N2C(=O)c3ccccc3C2=O)CC1)[C@H](c1ccc(Br)cc1)C(F)(F)F. The highest BCUT2D eigenvalue weighted by Gasteiger charge is 2.47. The van der Waals surface area contributed by atoms with E-state index in [-0.39, 0.29) is 23.4 Å². The quantitative estimate of drug-likeness (QED) is 0.507. The molecule has 1 fully saturated rings. The predicted octanol–water partition coefficient (Wildman–Crippen LogP) is 5.37. The Morgan fingerprint density at radius 2 is 1.48 bits per heavy atom. The first-order valence-electron chi connectivity index (χ1n) is 10.7. The fourth-order valence-electron chi connectivity index (χ4n) is 4.81. The third-order valence-electron chi connectivity index (χ3n) is 6.47. The first-order valence-corrected chi connectivity index (χ1v) is 11.4. The lowest BCUT2D eigenvalue weighted by Crippen LogP contribution is -2.46. The minimum atomic E-state index is -4.63. The van der Waals surface area contributed by atoms with Gasteiger partial charge < -0.3 is 4.90 Å². The van der Waals surface area contributed by atoms with Crippen molar-refractivity contribution in [1.82, 2.24) is 9.80 Å². The molecule has 0 saturated heterocycles. The number of carbonyl (C=O) groups is 3. The largest absolute Gasteiger partial charge is 0.413 e. The summed E-state index contributed by atoms with van der Waals surface area (Å²) in [6, 6.07) is 9.93. The van der Waals surface area contributed by atoms with Crippen LogP contribution in [0.5, 0.6) is 0 Å². The van der Waals surface area contributed by atoms with Gasteiger partial charge in [0.05, 0.1) is 11.1 Å². The lowest BCUT2D eigenvalue weighted by molar-refractivity contribution is -0.191. The van der Waals surface area contributed by atoms with Crippen LogP contribution in [-0.2, 0) is 4.79 Å². The van der Waals surface area contributed by atoms with E-state index >= 15 is 0 Å². The molecule has 1 atom stereocenters. The second-order valence-corrected chi connectivity index (χ2v) is 9.39. The van der Waals surface area contributed by atoms with E-state index in [1.54, 1.807) is 24.3 Å². The predicted molar refractivity (Wildman–Crippen MR) is 118 cm³/mol. The van der Waals surface area contributed by atoms with Crippen LogP contribution in [0.15, 0.2) is 53.0 Å². The molecule has 2 aliphatic rings. The lowest BCUT2D eigenvalue weighted by Gasteiger charge is -2.37. The summed E-state index contributed by atoms with van der Waals surface area (Å²) >= 11 is 3.21. The number of hydrogen-bond donors (Lipinski definition) is 0. The van der Waals surface area contributed by atoms with E-state index in [2.05, 4.69) is 15.9 Å². The number of carbonyl (C=O) groups excluding carboxylic acids is 3. The van der Waals surface area contributed by atoms with Gasteiger partial charge in [-0.05, 0) is 55.5 Å². The van der Waals surface area contributed by atoms with Gasteiger partial charge in [0, 0.05) is 23.5 Å². The van der Waals surface area contributed by atoms with Gasteiger partial charge in [0.25, 0.3) is 11.8 Å². The summed E-state index contributed by atoms with van der Waals surface area (Å²) in [5.74, 6) is -1.88. The number of alkyl halides is 3. The highest BCUT2D eigenvalue weighted by atomic mass is 79.9. The van der Waals surface area contributed by atoms with E-state index in [4.69, 9.17) is 0 Å². The molecule has 0 unspecified atom stereocenters. The maximum Gasteiger partial charge on any atom is 0.413 e. The summed E-state index contributed by atoms with van der Waals surface area (Å²) in [5, 5.41) is 0. The molecular weight excluding hydrogens is 501 g/mol. The Labute approximate surface area is 197 Å². The van der Waals surface area contributed by atoms with E-state index < -0.39 is 24.0 Å². The highest BCUT2D eigenvalue weighted by molar-refractivity contribution is 9.10. The van der Waals surface area contributed by atoms with Gasteiger partial charge in [-0.2, -0.15) is 13.2 Å². The van der Waals surface area contributed by atoms with Gasteiger partial charge in [-0.1, -0.05) is 40.2 Å². The van der Waals surface area contributed by atoms with Crippen molar-refractivity contribution in [2.45, 2.75) is 43.9 Å². The molecule has 5 nitrogen and oxygen atoms in total. The average molecular weight is 523 g/mol. The standard InChI is InChI=1S/C24H22BrF3N2O3/c1-29(20(24(26,27)28)14-6-10-16(25)11-7-14)21(31)15-8-12-17(13-9-15)30-22(32)18-4-2-3-5-19(18)23(30)33/h2-7,10-11,15,17,20H,8-9,12-13H2,1H3/t15?,17?,20-/m1/s1. The smallest absolute Gasteiger partial charge is 0.330 e. The van der Waals surface area contributed by atoms with Crippen LogP contribution in [0.25, 0.3) is 0 Å². The zero-order valence-electron chi connectivity index (χ0n) is 17.8. The molecule has 3 amide bonds. The van der Waals surface area contributed by atoms with Gasteiger partial charge in [0.15, 0.2) is 6.04 Å². The summed E-state index contributed by atoms with van der Waals surface area (Å²) in [5.41, 5.74) is 0.715. The van der Waals surface area contributed by atoms with Crippen molar-refractivity contribution in [3.8, 4) is 0 Å². The van der Waals surface area contributed by atoms with Crippen LogP contribution < -0.4 is 0 Å². The fourth-order valence-corrected chi connectivity index (χ4v) is 5.08. The monoisotopic (exact) mass is 522 g/mol. The molecule has 2 aromatic rings. The summed E-state index contributed by atoms with van der Waals surface area (Å²) in [6.45, 7) is 0. The molecule has 1 heterocycles. The van der Waals surface area contributed by atoms with Crippen LogP contribution in [0, 0.1) is 5.92 Å². The lowest BCUT2D eigenvalue weighted by atomic mass is 9.84. The number of benzene rings is 2. The second kappa shape index (κ2) is 8.93. The van der Waals surface area contributed by atoms with Gasteiger partial charge in [-0.25, -0.2) is 0 Å². The number of imide groups is 1. The zero-order chi connectivity index (χ0) is 23.9. The molecule has 1 saturated carbocycles. The number of nitrogens with zero attached hydrogens (tertiary/aromatic N) is 2. The molecule has 4 rings (SSSR count). The minimum Gasteiger partial charge on any atom is -0.330 e. The third-order valence-corrected chi connectivity index (χ3v) is 7.00. The van der Waals surface area contributed by atoms with E-state index in [1.165, 1.54) is 36.2 Å². The van der Waals surface area contributed by atoms with Crippen LogP contribution in [0.3, 0.4) is 0 Å². The summed E-state index contributed by atoms with van der Waals surface area (Å²) in [6.07, 6.45) is -3.25. The maximum atomic E-state index is 13.9. The Hall–Kier alpha value is -2.68. The molecule has 0 N–H and O–H groups in total. The highest BCUT2D eigenvalue weighted by Crippen LogP contribution is 2.40. The van der Waals surface area contributed by atoms with Crippen molar-refractivity contribution >= 4 is 33.7 Å². The number of rotatable bonds is 4. The first-order chi connectivity index (χ1) is 15.6. The molecule has 1 aliphatic heterocycles. The van der Waals surface area contributed by atoms with Crippen LogP contribution in [0.2, 0.25) is 0 Å².